The number of nitrogens with zero attached hydrogens (tertiary/aromatic N) is 1. The van der Waals surface area contributed by atoms with Crippen LogP contribution in [0.4, 0.5) is 5.69 Å². The number of piperidine rings is 1. The molecule has 0 aliphatic carbocycles. The van der Waals surface area contributed by atoms with E-state index in [0.717, 1.165) is 5.69 Å². The van der Waals surface area contributed by atoms with Gasteiger partial charge in [0.05, 0.1) is 0 Å². The lowest BCUT2D eigenvalue weighted by Gasteiger charge is -2.21. The first-order chi connectivity index (χ1) is 9.10. The van der Waals surface area contributed by atoms with Gasteiger partial charge in [-0.3, -0.25) is 24.7 Å². The Kier molecular flexibility index (Phi) is 3.74. The Morgan fingerprint density at radius 3 is 2.95 bits per heavy atom. The molecular formula is C12H14N4O3. The summed E-state index contributed by atoms with van der Waals surface area (Å²) in [5, 5.41) is 7.64. The monoisotopic (exact) mass is 262 g/mol. The molecule has 1 aromatic heterocycles. The molecule has 0 bridgehead atoms. The highest BCUT2D eigenvalue weighted by Crippen LogP contribution is 2.09. The van der Waals surface area contributed by atoms with Crippen molar-refractivity contribution in [2.24, 2.45) is 0 Å². The van der Waals surface area contributed by atoms with Gasteiger partial charge in [-0.2, -0.15) is 0 Å². The van der Waals surface area contributed by atoms with Crippen molar-refractivity contribution in [2.75, 3.05) is 12.4 Å². The number of pyridine rings is 1. The van der Waals surface area contributed by atoms with Gasteiger partial charge < -0.3 is 10.6 Å². The Bertz CT molecular complexity index is 529. The van der Waals surface area contributed by atoms with E-state index in [2.05, 4.69) is 20.9 Å². The third-order valence-electron chi connectivity index (χ3n) is 2.83. The molecule has 1 aromatic rings. The molecule has 1 aliphatic rings. The molecule has 0 saturated carbocycles. The number of aromatic nitrogens is 1. The van der Waals surface area contributed by atoms with Gasteiger partial charge in [-0.1, -0.05) is 0 Å². The van der Waals surface area contributed by atoms with Crippen molar-refractivity contribution in [2.45, 2.75) is 18.9 Å². The maximum absolute atomic E-state index is 11.9. The van der Waals surface area contributed by atoms with Crippen LogP contribution in [0.2, 0.25) is 0 Å². The topological polar surface area (TPSA) is 100 Å². The van der Waals surface area contributed by atoms with E-state index in [-0.39, 0.29) is 18.0 Å². The molecule has 100 valence electrons. The maximum Gasteiger partial charge on any atom is 0.270 e. The molecule has 19 heavy (non-hydrogen) atoms. The Labute approximate surface area is 109 Å². The highest BCUT2D eigenvalue weighted by molar-refractivity contribution is 6.03. The van der Waals surface area contributed by atoms with Gasteiger partial charge in [-0.15, -0.1) is 0 Å². The SMILES string of the molecule is CNc1ccnc(C(=O)NC2CCC(=O)NC2=O)c1. The molecule has 2 heterocycles. The quantitative estimate of drug-likeness (QED) is 0.647. The lowest BCUT2D eigenvalue weighted by atomic mass is 10.1. The van der Waals surface area contributed by atoms with Gasteiger partial charge in [-0.05, 0) is 18.6 Å². The van der Waals surface area contributed by atoms with Crippen LogP contribution >= 0.6 is 0 Å². The number of nitrogens with one attached hydrogen (secondary N) is 3. The Morgan fingerprint density at radius 2 is 2.26 bits per heavy atom. The summed E-state index contributed by atoms with van der Waals surface area (Å²) in [5.74, 6) is -1.23. The fourth-order valence-corrected chi connectivity index (χ4v) is 1.77. The van der Waals surface area contributed by atoms with Crippen molar-refractivity contribution in [1.29, 1.82) is 0 Å². The van der Waals surface area contributed by atoms with Gasteiger partial charge in [0.2, 0.25) is 11.8 Å². The summed E-state index contributed by atoms with van der Waals surface area (Å²) in [5.41, 5.74) is 0.972. The molecule has 2 rings (SSSR count). The molecule has 3 amide bonds. The number of amides is 3. The number of rotatable bonds is 3. The first-order valence-corrected chi connectivity index (χ1v) is 5.88. The van der Waals surface area contributed by atoms with Crippen LogP contribution in [0, 0.1) is 0 Å². The minimum Gasteiger partial charge on any atom is -0.388 e. The molecule has 7 heteroatoms. The van der Waals surface area contributed by atoms with Gasteiger partial charge in [0.15, 0.2) is 0 Å². The molecule has 0 spiro atoms. The van der Waals surface area contributed by atoms with Crippen LogP contribution < -0.4 is 16.0 Å². The van der Waals surface area contributed by atoms with Crippen molar-refractivity contribution >= 4 is 23.4 Å². The number of carbonyl (C=O) groups is 3. The predicted molar refractivity (Wildman–Crippen MR) is 67.4 cm³/mol. The lowest BCUT2D eigenvalue weighted by Crippen LogP contribution is -2.52. The molecule has 1 unspecified atom stereocenters. The fraction of sp³-hybridized carbons (Fsp3) is 0.333. The van der Waals surface area contributed by atoms with E-state index in [9.17, 15) is 14.4 Å². The molecule has 0 radical (unpaired) electrons. The zero-order valence-corrected chi connectivity index (χ0v) is 10.4. The number of anilines is 1. The van der Waals surface area contributed by atoms with Crippen molar-refractivity contribution in [3.05, 3.63) is 24.0 Å². The largest absolute Gasteiger partial charge is 0.388 e. The maximum atomic E-state index is 11.9. The van der Waals surface area contributed by atoms with E-state index in [1.54, 1.807) is 19.2 Å². The number of hydrogen-bond acceptors (Lipinski definition) is 5. The average molecular weight is 262 g/mol. The first-order valence-electron chi connectivity index (χ1n) is 5.88. The highest BCUT2D eigenvalue weighted by atomic mass is 16.2. The minimum atomic E-state index is -0.690. The zero-order chi connectivity index (χ0) is 13.8. The van der Waals surface area contributed by atoms with E-state index in [1.165, 1.54) is 6.20 Å². The van der Waals surface area contributed by atoms with Crippen LogP contribution in [0.1, 0.15) is 23.3 Å². The second-order valence-electron chi connectivity index (χ2n) is 4.16. The van der Waals surface area contributed by atoms with E-state index < -0.39 is 17.9 Å². The molecule has 1 fully saturated rings. The van der Waals surface area contributed by atoms with Crippen LogP contribution in [0.25, 0.3) is 0 Å². The van der Waals surface area contributed by atoms with Crippen molar-refractivity contribution in [3.63, 3.8) is 0 Å². The van der Waals surface area contributed by atoms with Crippen LogP contribution in [0.5, 0.6) is 0 Å². The molecule has 0 aromatic carbocycles. The fourth-order valence-electron chi connectivity index (χ4n) is 1.77. The van der Waals surface area contributed by atoms with Gasteiger partial charge in [0, 0.05) is 25.4 Å². The summed E-state index contributed by atoms with van der Waals surface area (Å²) in [6.45, 7) is 0. The normalized spacial score (nSPS) is 18.7. The van der Waals surface area contributed by atoms with Crippen LogP contribution in [-0.4, -0.2) is 35.8 Å². The second kappa shape index (κ2) is 5.47. The van der Waals surface area contributed by atoms with E-state index in [4.69, 9.17) is 0 Å². The Balaban J connectivity index is 2.04. The van der Waals surface area contributed by atoms with Crippen molar-refractivity contribution < 1.29 is 14.4 Å². The number of carbonyl (C=O) groups excluding carboxylic acids is 3. The summed E-state index contributed by atoms with van der Waals surface area (Å²) in [6, 6.07) is 2.62. The molecular weight excluding hydrogens is 248 g/mol. The van der Waals surface area contributed by atoms with Crippen molar-refractivity contribution in [3.8, 4) is 0 Å². The number of imide groups is 1. The van der Waals surface area contributed by atoms with Crippen molar-refractivity contribution in [1.82, 2.24) is 15.6 Å². The van der Waals surface area contributed by atoms with Gasteiger partial charge in [0.25, 0.3) is 5.91 Å². The first kappa shape index (κ1) is 13.0. The Hall–Kier alpha value is -2.44. The average Bonchev–Trinajstić information content (AvgIpc) is 2.42. The van der Waals surface area contributed by atoms with Gasteiger partial charge >= 0.3 is 0 Å². The Morgan fingerprint density at radius 1 is 1.47 bits per heavy atom. The molecule has 7 nitrogen and oxygen atoms in total. The van der Waals surface area contributed by atoms with Gasteiger partial charge in [-0.25, -0.2) is 0 Å². The van der Waals surface area contributed by atoms with E-state index >= 15 is 0 Å². The number of hydrogen-bond donors (Lipinski definition) is 3. The summed E-state index contributed by atoms with van der Waals surface area (Å²) in [4.78, 5) is 38.4. The third kappa shape index (κ3) is 3.06. The summed E-state index contributed by atoms with van der Waals surface area (Å²) in [7, 11) is 1.73. The second-order valence-corrected chi connectivity index (χ2v) is 4.16. The smallest absolute Gasteiger partial charge is 0.270 e. The van der Waals surface area contributed by atoms with E-state index in [0.29, 0.717) is 6.42 Å². The summed E-state index contributed by atoms with van der Waals surface area (Å²) in [6.07, 6.45) is 2.04. The summed E-state index contributed by atoms with van der Waals surface area (Å²) < 4.78 is 0. The molecule has 1 saturated heterocycles. The standard InChI is InChI=1S/C12H14N4O3/c1-13-7-4-5-14-9(6-7)12(19)15-8-2-3-10(17)16-11(8)18/h4-6,8H,2-3H2,1H3,(H,13,14)(H,15,19)(H,16,17,18). The van der Waals surface area contributed by atoms with Crippen LogP contribution in [0.15, 0.2) is 18.3 Å². The third-order valence-corrected chi connectivity index (χ3v) is 2.83. The van der Waals surface area contributed by atoms with Gasteiger partial charge in [0.1, 0.15) is 11.7 Å². The molecule has 1 aliphatic heterocycles. The zero-order valence-electron chi connectivity index (χ0n) is 10.4. The molecule has 3 N–H and O–H groups in total. The highest BCUT2D eigenvalue weighted by Gasteiger charge is 2.28. The minimum absolute atomic E-state index is 0.219. The predicted octanol–water partition coefficient (Wildman–Crippen LogP) is -0.342. The summed E-state index contributed by atoms with van der Waals surface area (Å²) >= 11 is 0. The van der Waals surface area contributed by atoms with Crippen LogP contribution in [-0.2, 0) is 9.59 Å². The van der Waals surface area contributed by atoms with E-state index in [1.807, 2.05) is 0 Å². The molecule has 1 atom stereocenters. The lowest BCUT2D eigenvalue weighted by molar-refractivity contribution is -0.134. The van der Waals surface area contributed by atoms with Crippen LogP contribution in [0.3, 0.4) is 0 Å².